The first kappa shape index (κ1) is 10.2. The van der Waals surface area contributed by atoms with Gasteiger partial charge in [0.05, 0.1) is 6.04 Å². The maximum Gasteiger partial charge on any atom is 0.147 e. The SMILES string of the molecule is CCC(CNC)n1nc(C)nc1C. The molecular weight excluding hydrogens is 164 g/mol. The molecule has 1 heterocycles. The van der Waals surface area contributed by atoms with Crippen molar-refractivity contribution in [2.75, 3.05) is 13.6 Å². The van der Waals surface area contributed by atoms with Gasteiger partial charge in [0.25, 0.3) is 0 Å². The van der Waals surface area contributed by atoms with Gasteiger partial charge in [0.2, 0.25) is 0 Å². The summed E-state index contributed by atoms with van der Waals surface area (Å²) >= 11 is 0. The van der Waals surface area contributed by atoms with Gasteiger partial charge in [-0.05, 0) is 27.3 Å². The maximum absolute atomic E-state index is 4.37. The summed E-state index contributed by atoms with van der Waals surface area (Å²) < 4.78 is 2.01. The molecule has 1 N–H and O–H groups in total. The van der Waals surface area contributed by atoms with Crippen LogP contribution >= 0.6 is 0 Å². The lowest BCUT2D eigenvalue weighted by Crippen LogP contribution is -2.23. The minimum absolute atomic E-state index is 0.422. The molecule has 13 heavy (non-hydrogen) atoms. The molecule has 0 aliphatic heterocycles. The van der Waals surface area contributed by atoms with E-state index >= 15 is 0 Å². The van der Waals surface area contributed by atoms with Crippen LogP contribution in [0.1, 0.15) is 31.0 Å². The molecule has 4 nitrogen and oxygen atoms in total. The van der Waals surface area contributed by atoms with E-state index in [2.05, 4.69) is 22.3 Å². The molecule has 1 unspecified atom stereocenters. The molecule has 0 radical (unpaired) electrons. The van der Waals surface area contributed by atoms with Gasteiger partial charge in [-0.25, -0.2) is 9.67 Å². The van der Waals surface area contributed by atoms with E-state index in [0.29, 0.717) is 6.04 Å². The Morgan fingerprint density at radius 2 is 2.15 bits per heavy atom. The van der Waals surface area contributed by atoms with Crippen LogP contribution < -0.4 is 5.32 Å². The molecule has 0 saturated carbocycles. The predicted molar refractivity (Wildman–Crippen MR) is 52.8 cm³/mol. The number of likely N-dealkylation sites (N-methyl/N-ethyl adjacent to an activating group) is 1. The molecule has 0 spiro atoms. The van der Waals surface area contributed by atoms with Crippen LogP contribution in [0.3, 0.4) is 0 Å². The van der Waals surface area contributed by atoms with Crippen molar-refractivity contribution in [3.8, 4) is 0 Å². The van der Waals surface area contributed by atoms with Crippen LogP contribution in [0.4, 0.5) is 0 Å². The second kappa shape index (κ2) is 4.37. The van der Waals surface area contributed by atoms with Crippen molar-refractivity contribution in [1.82, 2.24) is 20.1 Å². The molecule has 0 aromatic carbocycles. The van der Waals surface area contributed by atoms with E-state index in [1.807, 2.05) is 25.6 Å². The van der Waals surface area contributed by atoms with Crippen molar-refractivity contribution in [1.29, 1.82) is 0 Å². The Morgan fingerprint density at radius 1 is 1.46 bits per heavy atom. The highest BCUT2D eigenvalue weighted by Crippen LogP contribution is 2.10. The van der Waals surface area contributed by atoms with E-state index < -0.39 is 0 Å². The largest absolute Gasteiger partial charge is 0.318 e. The number of aromatic nitrogens is 3. The summed E-state index contributed by atoms with van der Waals surface area (Å²) in [6.45, 7) is 7.03. The number of aryl methyl sites for hydroxylation is 2. The van der Waals surface area contributed by atoms with E-state index in [-0.39, 0.29) is 0 Å². The van der Waals surface area contributed by atoms with Gasteiger partial charge in [0, 0.05) is 6.54 Å². The van der Waals surface area contributed by atoms with Gasteiger partial charge >= 0.3 is 0 Å². The van der Waals surface area contributed by atoms with Crippen LogP contribution in [0, 0.1) is 13.8 Å². The zero-order valence-corrected chi connectivity index (χ0v) is 8.83. The molecule has 0 aliphatic rings. The minimum Gasteiger partial charge on any atom is -0.318 e. The first-order chi connectivity index (χ1) is 6.19. The van der Waals surface area contributed by atoms with Gasteiger partial charge in [-0.2, -0.15) is 5.10 Å². The summed E-state index contributed by atoms with van der Waals surface area (Å²) in [5.74, 6) is 1.85. The topological polar surface area (TPSA) is 42.7 Å². The predicted octanol–water partition coefficient (Wildman–Crippen LogP) is 1.07. The molecule has 1 atom stereocenters. The third kappa shape index (κ3) is 2.28. The van der Waals surface area contributed by atoms with Crippen LogP contribution in [0.5, 0.6) is 0 Å². The summed E-state index contributed by atoms with van der Waals surface area (Å²) in [5, 5.41) is 7.53. The lowest BCUT2D eigenvalue weighted by Gasteiger charge is -2.15. The van der Waals surface area contributed by atoms with E-state index in [4.69, 9.17) is 0 Å². The summed E-state index contributed by atoms with van der Waals surface area (Å²) in [4.78, 5) is 4.29. The molecular formula is C9H18N4. The number of rotatable bonds is 4. The average Bonchev–Trinajstić information content (AvgIpc) is 2.41. The van der Waals surface area contributed by atoms with Crippen LogP contribution in [0.25, 0.3) is 0 Å². The minimum atomic E-state index is 0.422. The fourth-order valence-electron chi connectivity index (χ4n) is 1.52. The number of nitrogens with one attached hydrogen (secondary N) is 1. The van der Waals surface area contributed by atoms with Crippen LogP contribution in [0.15, 0.2) is 0 Å². The van der Waals surface area contributed by atoms with Crippen LogP contribution in [-0.4, -0.2) is 28.4 Å². The lowest BCUT2D eigenvalue weighted by atomic mass is 10.2. The fraction of sp³-hybridized carbons (Fsp3) is 0.778. The normalized spacial score (nSPS) is 13.2. The monoisotopic (exact) mass is 182 g/mol. The molecule has 4 heteroatoms. The highest BCUT2D eigenvalue weighted by Gasteiger charge is 2.11. The third-order valence-corrected chi connectivity index (χ3v) is 2.16. The average molecular weight is 182 g/mol. The molecule has 74 valence electrons. The van der Waals surface area contributed by atoms with Crippen molar-refractivity contribution in [2.24, 2.45) is 0 Å². The lowest BCUT2D eigenvalue weighted by molar-refractivity contribution is 0.414. The molecule has 1 aromatic rings. The highest BCUT2D eigenvalue weighted by molar-refractivity contribution is 4.90. The zero-order chi connectivity index (χ0) is 9.84. The zero-order valence-electron chi connectivity index (χ0n) is 8.83. The standard InChI is InChI=1S/C9H18N4/c1-5-9(6-10-4)13-8(3)11-7(2)12-13/h9-10H,5-6H2,1-4H3. The van der Waals surface area contributed by atoms with Gasteiger partial charge in [0.15, 0.2) is 0 Å². The van der Waals surface area contributed by atoms with Crippen molar-refractivity contribution in [2.45, 2.75) is 33.2 Å². The van der Waals surface area contributed by atoms with Gasteiger partial charge in [-0.15, -0.1) is 0 Å². The van der Waals surface area contributed by atoms with Crippen LogP contribution in [0.2, 0.25) is 0 Å². The first-order valence-corrected chi connectivity index (χ1v) is 4.73. The summed E-state index contributed by atoms with van der Waals surface area (Å²) in [5.41, 5.74) is 0. The number of nitrogens with zero attached hydrogens (tertiary/aromatic N) is 3. The Bertz CT molecular complexity index is 267. The van der Waals surface area contributed by atoms with E-state index in [1.54, 1.807) is 0 Å². The molecule has 0 saturated heterocycles. The molecule has 0 bridgehead atoms. The van der Waals surface area contributed by atoms with Gasteiger partial charge in [0.1, 0.15) is 11.6 Å². The van der Waals surface area contributed by atoms with Crippen molar-refractivity contribution >= 4 is 0 Å². The Hall–Kier alpha value is -0.900. The van der Waals surface area contributed by atoms with Crippen LogP contribution in [-0.2, 0) is 0 Å². The van der Waals surface area contributed by atoms with Crippen molar-refractivity contribution in [3.05, 3.63) is 11.6 Å². The maximum atomic E-state index is 4.37. The fourth-order valence-corrected chi connectivity index (χ4v) is 1.52. The van der Waals surface area contributed by atoms with E-state index in [9.17, 15) is 0 Å². The Kier molecular flexibility index (Phi) is 3.42. The highest BCUT2D eigenvalue weighted by atomic mass is 15.4. The quantitative estimate of drug-likeness (QED) is 0.757. The molecule has 0 amide bonds. The second-order valence-corrected chi connectivity index (χ2v) is 3.27. The summed E-state index contributed by atoms with van der Waals surface area (Å²) in [6.07, 6.45) is 1.07. The van der Waals surface area contributed by atoms with Crippen molar-refractivity contribution < 1.29 is 0 Å². The van der Waals surface area contributed by atoms with E-state index in [0.717, 1.165) is 24.6 Å². The van der Waals surface area contributed by atoms with Gasteiger partial charge in [-0.1, -0.05) is 6.92 Å². The third-order valence-electron chi connectivity index (χ3n) is 2.16. The smallest absolute Gasteiger partial charge is 0.147 e. The Labute approximate surface area is 79.4 Å². The second-order valence-electron chi connectivity index (χ2n) is 3.27. The summed E-state index contributed by atoms with van der Waals surface area (Å²) in [6, 6.07) is 0.422. The molecule has 0 aliphatic carbocycles. The Balaban J connectivity index is 2.83. The number of hydrogen-bond donors (Lipinski definition) is 1. The molecule has 0 fully saturated rings. The van der Waals surface area contributed by atoms with E-state index in [1.165, 1.54) is 0 Å². The number of hydrogen-bond acceptors (Lipinski definition) is 3. The van der Waals surface area contributed by atoms with Gasteiger partial charge in [-0.3, -0.25) is 0 Å². The summed E-state index contributed by atoms with van der Waals surface area (Å²) in [7, 11) is 1.96. The Morgan fingerprint density at radius 3 is 2.54 bits per heavy atom. The first-order valence-electron chi connectivity index (χ1n) is 4.73. The van der Waals surface area contributed by atoms with Gasteiger partial charge < -0.3 is 5.32 Å². The molecule has 1 rings (SSSR count). The van der Waals surface area contributed by atoms with Crippen molar-refractivity contribution in [3.63, 3.8) is 0 Å². The molecule has 1 aromatic heterocycles.